The highest BCUT2D eigenvalue weighted by atomic mass is 79.9. The molecule has 6 nitrogen and oxygen atoms in total. The Morgan fingerprint density at radius 3 is 2.54 bits per heavy atom. The molecule has 0 fully saturated rings. The van der Waals surface area contributed by atoms with Crippen molar-refractivity contribution in [1.82, 2.24) is 0 Å². The molecule has 138 valence electrons. The van der Waals surface area contributed by atoms with Gasteiger partial charge in [-0.25, -0.2) is 4.79 Å². The van der Waals surface area contributed by atoms with Gasteiger partial charge in [-0.15, -0.1) is 0 Å². The molecule has 2 aromatic carbocycles. The van der Waals surface area contributed by atoms with Gasteiger partial charge in [0.1, 0.15) is 0 Å². The van der Waals surface area contributed by atoms with Crippen LogP contribution in [-0.4, -0.2) is 32.0 Å². The molecule has 26 heavy (non-hydrogen) atoms. The molecule has 0 aliphatic carbocycles. The van der Waals surface area contributed by atoms with Gasteiger partial charge in [0.05, 0.1) is 25.1 Å². The number of carbonyl (C=O) groups excluding carboxylic acids is 1. The Balaban J connectivity index is 2.12. The summed E-state index contributed by atoms with van der Waals surface area (Å²) in [7, 11) is 0. The van der Waals surface area contributed by atoms with E-state index in [9.17, 15) is 4.79 Å². The molecule has 0 aliphatic rings. The number of esters is 1. The van der Waals surface area contributed by atoms with E-state index in [0.29, 0.717) is 24.7 Å². The largest absolute Gasteiger partial charge is 0.490 e. The van der Waals surface area contributed by atoms with Crippen molar-refractivity contribution in [2.75, 3.05) is 25.2 Å². The molecule has 0 bridgehead atoms. The topological polar surface area (TPSA) is 69.2 Å². The van der Waals surface area contributed by atoms with Crippen LogP contribution >= 0.6 is 15.9 Å². The van der Waals surface area contributed by atoms with Gasteiger partial charge in [-0.1, -0.05) is 18.2 Å². The summed E-state index contributed by atoms with van der Waals surface area (Å²) in [5.74, 6) is 0.560. The van der Waals surface area contributed by atoms with E-state index < -0.39 is 5.97 Å². The molecule has 1 N–H and O–H groups in total. The lowest BCUT2D eigenvalue weighted by molar-refractivity contribution is -0.145. The third kappa shape index (κ3) is 6.07. The Morgan fingerprint density at radius 2 is 1.85 bits per heavy atom. The molecule has 0 amide bonds. The van der Waals surface area contributed by atoms with Gasteiger partial charge in [-0.05, 0) is 54.0 Å². The fourth-order valence-corrected chi connectivity index (χ4v) is 2.48. The Bertz CT molecular complexity index is 751. The smallest absolute Gasteiger partial charge is 0.344 e. The van der Waals surface area contributed by atoms with Gasteiger partial charge in [0.25, 0.3) is 0 Å². The lowest BCUT2D eigenvalue weighted by Gasteiger charge is -2.13. The maximum Gasteiger partial charge on any atom is 0.344 e. The lowest BCUT2D eigenvalue weighted by atomic mass is 10.2. The zero-order valence-electron chi connectivity index (χ0n) is 14.7. The summed E-state index contributed by atoms with van der Waals surface area (Å²) in [5, 5.41) is 4.23. The van der Waals surface area contributed by atoms with Crippen molar-refractivity contribution in [2.24, 2.45) is 5.10 Å². The number of nitrogens with zero attached hydrogens (tertiary/aromatic N) is 1. The zero-order chi connectivity index (χ0) is 18.8. The molecule has 0 saturated carbocycles. The molecule has 7 heteroatoms. The van der Waals surface area contributed by atoms with Crippen molar-refractivity contribution in [1.29, 1.82) is 0 Å². The number of anilines is 1. The molecular weight excluding hydrogens is 400 g/mol. The lowest BCUT2D eigenvalue weighted by Crippen LogP contribution is -2.15. The molecule has 0 heterocycles. The Labute approximate surface area is 161 Å². The van der Waals surface area contributed by atoms with Gasteiger partial charge in [0.15, 0.2) is 18.1 Å². The van der Waals surface area contributed by atoms with E-state index >= 15 is 0 Å². The van der Waals surface area contributed by atoms with Crippen molar-refractivity contribution >= 4 is 33.8 Å². The SMILES string of the molecule is CCOC(=O)COc1cc(Br)c(C=NNc2ccccc2)cc1OCC. The van der Waals surface area contributed by atoms with E-state index in [1.165, 1.54) is 0 Å². The first-order chi connectivity index (χ1) is 12.6. The van der Waals surface area contributed by atoms with E-state index in [2.05, 4.69) is 26.5 Å². The number of benzene rings is 2. The van der Waals surface area contributed by atoms with E-state index in [1.807, 2.05) is 37.3 Å². The molecule has 0 radical (unpaired) electrons. The van der Waals surface area contributed by atoms with Crippen LogP contribution in [0.4, 0.5) is 5.69 Å². The van der Waals surface area contributed by atoms with Gasteiger partial charge in [0.2, 0.25) is 0 Å². The van der Waals surface area contributed by atoms with E-state index in [-0.39, 0.29) is 6.61 Å². The molecule has 0 atom stereocenters. The van der Waals surface area contributed by atoms with Crippen LogP contribution < -0.4 is 14.9 Å². The quantitative estimate of drug-likeness (QED) is 0.373. The number of ether oxygens (including phenoxy) is 3. The van der Waals surface area contributed by atoms with Gasteiger partial charge in [-0.3, -0.25) is 5.43 Å². The Kier molecular flexibility index (Phi) is 7.95. The van der Waals surface area contributed by atoms with Gasteiger partial charge in [-0.2, -0.15) is 5.10 Å². The minimum atomic E-state index is -0.427. The molecule has 0 saturated heterocycles. The third-order valence-electron chi connectivity index (χ3n) is 3.18. The van der Waals surface area contributed by atoms with E-state index in [4.69, 9.17) is 14.2 Å². The Morgan fingerprint density at radius 1 is 1.12 bits per heavy atom. The second-order valence-electron chi connectivity index (χ2n) is 5.08. The first kappa shape index (κ1) is 19.8. The van der Waals surface area contributed by atoms with E-state index in [1.54, 1.807) is 25.3 Å². The van der Waals surface area contributed by atoms with Crippen molar-refractivity contribution in [2.45, 2.75) is 13.8 Å². The highest BCUT2D eigenvalue weighted by Crippen LogP contribution is 2.33. The standard InChI is InChI=1S/C19H21BrN2O4/c1-3-24-17-10-14(12-21-22-15-8-6-5-7-9-15)16(20)11-18(17)26-13-19(23)25-4-2/h5-12,22H,3-4,13H2,1-2H3. The highest BCUT2D eigenvalue weighted by molar-refractivity contribution is 9.10. The molecule has 0 aliphatic heterocycles. The third-order valence-corrected chi connectivity index (χ3v) is 3.87. The van der Waals surface area contributed by atoms with Crippen molar-refractivity contribution in [3.63, 3.8) is 0 Å². The van der Waals surface area contributed by atoms with Crippen LogP contribution in [0.1, 0.15) is 19.4 Å². The zero-order valence-corrected chi connectivity index (χ0v) is 16.3. The number of hydrogen-bond donors (Lipinski definition) is 1. The number of para-hydroxylation sites is 1. The van der Waals surface area contributed by atoms with Gasteiger partial charge < -0.3 is 14.2 Å². The average molecular weight is 421 g/mol. The number of halogens is 1. The number of hydrogen-bond acceptors (Lipinski definition) is 6. The maximum atomic E-state index is 11.5. The fourth-order valence-electron chi connectivity index (χ4n) is 2.06. The second kappa shape index (κ2) is 10.5. The molecule has 0 aromatic heterocycles. The van der Waals surface area contributed by atoms with Crippen LogP contribution in [0.2, 0.25) is 0 Å². The maximum absolute atomic E-state index is 11.5. The van der Waals surface area contributed by atoms with Crippen LogP contribution in [0, 0.1) is 0 Å². The number of nitrogens with one attached hydrogen (secondary N) is 1. The second-order valence-corrected chi connectivity index (χ2v) is 5.94. The van der Waals surface area contributed by atoms with Crippen LogP contribution in [-0.2, 0) is 9.53 Å². The fraction of sp³-hybridized carbons (Fsp3) is 0.263. The summed E-state index contributed by atoms with van der Waals surface area (Å²) in [6.45, 7) is 4.23. The minimum absolute atomic E-state index is 0.177. The summed E-state index contributed by atoms with van der Waals surface area (Å²) in [6, 6.07) is 13.2. The van der Waals surface area contributed by atoms with Crippen molar-refractivity contribution in [3.05, 3.63) is 52.5 Å². The predicted octanol–water partition coefficient (Wildman–Crippen LogP) is 4.24. The first-order valence-electron chi connectivity index (χ1n) is 8.23. The number of rotatable bonds is 9. The molecule has 0 unspecified atom stereocenters. The molecule has 2 rings (SSSR count). The number of hydrazone groups is 1. The first-order valence-corrected chi connectivity index (χ1v) is 9.02. The predicted molar refractivity (Wildman–Crippen MR) is 105 cm³/mol. The van der Waals surface area contributed by atoms with Crippen LogP contribution in [0.3, 0.4) is 0 Å². The van der Waals surface area contributed by atoms with E-state index in [0.717, 1.165) is 15.7 Å². The summed E-state index contributed by atoms with van der Waals surface area (Å²) in [6.07, 6.45) is 1.68. The summed E-state index contributed by atoms with van der Waals surface area (Å²) in [5.41, 5.74) is 4.65. The summed E-state index contributed by atoms with van der Waals surface area (Å²) >= 11 is 3.49. The monoisotopic (exact) mass is 420 g/mol. The normalized spacial score (nSPS) is 10.6. The molecule has 2 aromatic rings. The highest BCUT2D eigenvalue weighted by Gasteiger charge is 2.12. The summed E-state index contributed by atoms with van der Waals surface area (Å²) in [4.78, 5) is 11.5. The van der Waals surface area contributed by atoms with Crippen LogP contribution in [0.15, 0.2) is 52.0 Å². The van der Waals surface area contributed by atoms with Crippen LogP contribution in [0.5, 0.6) is 11.5 Å². The van der Waals surface area contributed by atoms with Gasteiger partial charge >= 0.3 is 5.97 Å². The molecule has 0 spiro atoms. The minimum Gasteiger partial charge on any atom is -0.490 e. The van der Waals surface area contributed by atoms with Crippen molar-refractivity contribution in [3.8, 4) is 11.5 Å². The summed E-state index contributed by atoms with van der Waals surface area (Å²) < 4.78 is 16.8. The Hall–Kier alpha value is -2.54. The van der Waals surface area contributed by atoms with Crippen molar-refractivity contribution < 1.29 is 19.0 Å². The van der Waals surface area contributed by atoms with Gasteiger partial charge in [0, 0.05) is 10.0 Å². The van der Waals surface area contributed by atoms with Crippen LogP contribution in [0.25, 0.3) is 0 Å². The average Bonchev–Trinajstić information content (AvgIpc) is 2.64. The number of carbonyl (C=O) groups is 1. The molecular formula is C19H21BrN2O4.